The minimum absolute atomic E-state index is 0.764. The van der Waals surface area contributed by atoms with E-state index in [0.717, 1.165) is 11.8 Å². The summed E-state index contributed by atoms with van der Waals surface area (Å²) in [5.74, 6) is 1.53. The van der Waals surface area contributed by atoms with Gasteiger partial charge in [0.05, 0.1) is 0 Å². The smallest absolute Gasteiger partial charge is 0.0185 e. The highest BCUT2D eigenvalue weighted by atomic mass is 14.3. The molecule has 0 saturated heterocycles. The van der Waals surface area contributed by atoms with Gasteiger partial charge in [-0.2, -0.15) is 0 Å². The maximum absolute atomic E-state index is 2.39. The Hall–Kier alpha value is -0.780. The van der Waals surface area contributed by atoms with Crippen LogP contribution in [0.2, 0.25) is 0 Å². The van der Waals surface area contributed by atoms with Gasteiger partial charge in [-0.25, -0.2) is 0 Å². The Bertz CT molecular complexity index is 349. The van der Waals surface area contributed by atoms with Gasteiger partial charge in [-0.05, 0) is 55.2 Å². The molecule has 0 saturated carbocycles. The van der Waals surface area contributed by atoms with Crippen LogP contribution < -0.4 is 0 Å². The lowest BCUT2D eigenvalue weighted by Gasteiger charge is -2.29. The summed E-state index contributed by atoms with van der Waals surface area (Å²) < 4.78 is 0. The molecule has 0 fully saturated rings. The fourth-order valence-corrected chi connectivity index (χ4v) is 2.89. The molecule has 0 heteroatoms. The first-order valence-electron chi connectivity index (χ1n) is 5.70. The first kappa shape index (κ1) is 9.76. The molecule has 2 rings (SSSR count). The lowest BCUT2D eigenvalue weighted by atomic mass is 9.76. The molecule has 14 heavy (non-hydrogen) atoms. The molecule has 0 spiro atoms. The van der Waals surface area contributed by atoms with Crippen molar-refractivity contribution in [1.29, 1.82) is 0 Å². The van der Waals surface area contributed by atoms with E-state index in [4.69, 9.17) is 0 Å². The molecule has 1 aliphatic rings. The van der Waals surface area contributed by atoms with E-state index in [1.54, 1.807) is 11.1 Å². The summed E-state index contributed by atoms with van der Waals surface area (Å²) in [6.07, 6.45) is 2.72. The van der Waals surface area contributed by atoms with Crippen molar-refractivity contribution < 1.29 is 0 Å². The van der Waals surface area contributed by atoms with Gasteiger partial charge in [-0.1, -0.05) is 31.5 Å². The zero-order valence-corrected chi connectivity index (χ0v) is 9.72. The highest BCUT2D eigenvalue weighted by molar-refractivity contribution is 5.43. The fraction of sp³-hybridized carbons (Fsp3) is 0.571. The van der Waals surface area contributed by atoms with Gasteiger partial charge in [0, 0.05) is 0 Å². The summed E-state index contributed by atoms with van der Waals surface area (Å²) >= 11 is 0. The molecule has 2 unspecified atom stereocenters. The standard InChI is InChI=1S/C14H20/c1-9-7-12(4)14-11(3)6-5-10(2)13(14)8-9/h7-8,10-11H,5-6H2,1-4H3. The zero-order chi connectivity index (χ0) is 10.3. The van der Waals surface area contributed by atoms with Crippen LogP contribution in [0.1, 0.15) is 60.8 Å². The minimum Gasteiger partial charge on any atom is -0.0584 e. The van der Waals surface area contributed by atoms with Crippen LogP contribution >= 0.6 is 0 Å². The van der Waals surface area contributed by atoms with Crippen LogP contribution in [0.5, 0.6) is 0 Å². The van der Waals surface area contributed by atoms with E-state index < -0.39 is 0 Å². The van der Waals surface area contributed by atoms with Crippen molar-refractivity contribution in [2.75, 3.05) is 0 Å². The van der Waals surface area contributed by atoms with E-state index in [0.29, 0.717) is 0 Å². The topological polar surface area (TPSA) is 0 Å². The lowest BCUT2D eigenvalue weighted by molar-refractivity contribution is 0.524. The number of rotatable bonds is 0. The monoisotopic (exact) mass is 188 g/mol. The van der Waals surface area contributed by atoms with E-state index in [1.807, 2.05) is 0 Å². The molecule has 0 nitrogen and oxygen atoms in total. The van der Waals surface area contributed by atoms with Crippen molar-refractivity contribution in [2.45, 2.75) is 52.4 Å². The SMILES string of the molecule is Cc1cc(C)c2c(c1)C(C)CCC2C. The number of fused-ring (bicyclic) bond motifs is 1. The molecule has 0 radical (unpaired) electrons. The van der Waals surface area contributed by atoms with E-state index in [2.05, 4.69) is 39.8 Å². The second kappa shape index (κ2) is 3.42. The first-order chi connectivity index (χ1) is 6.59. The van der Waals surface area contributed by atoms with Crippen molar-refractivity contribution in [2.24, 2.45) is 0 Å². The highest BCUT2D eigenvalue weighted by Crippen LogP contribution is 2.40. The minimum atomic E-state index is 0.764. The molecule has 1 aliphatic carbocycles. The van der Waals surface area contributed by atoms with Crippen molar-refractivity contribution >= 4 is 0 Å². The molecule has 0 amide bonds. The van der Waals surface area contributed by atoms with Gasteiger partial charge >= 0.3 is 0 Å². The van der Waals surface area contributed by atoms with Gasteiger partial charge in [0.1, 0.15) is 0 Å². The average molecular weight is 188 g/mol. The second-order valence-corrected chi connectivity index (χ2v) is 4.96. The van der Waals surface area contributed by atoms with Crippen LogP contribution in [-0.2, 0) is 0 Å². The molecule has 0 aliphatic heterocycles. The zero-order valence-electron chi connectivity index (χ0n) is 9.72. The molecule has 0 N–H and O–H groups in total. The predicted octanol–water partition coefficient (Wildman–Crippen LogP) is 4.30. The van der Waals surface area contributed by atoms with E-state index in [1.165, 1.54) is 24.0 Å². The molecule has 1 aromatic rings. The maximum Gasteiger partial charge on any atom is -0.0185 e. The van der Waals surface area contributed by atoms with E-state index >= 15 is 0 Å². The fourth-order valence-electron chi connectivity index (χ4n) is 2.89. The summed E-state index contributed by atoms with van der Waals surface area (Å²) in [7, 11) is 0. The summed E-state index contributed by atoms with van der Waals surface area (Å²) in [6.45, 7) is 9.20. The van der Waals surface area contributed by atoms with Crippen LogP contribution in [0.15, 0.2) is 12.1 Å². The number of hydrogen-bond donors (Lipinski definition) is 0. The van der Waals surface area contributed by atoms with Crippen LogP contribution in [0.25, 0.3) is 0 Å². The largest absolute Gasteiger partial charge is 0.0584 e. The summed E-state index contributed by atoms with van der Waals surface area (Å²) in [6, 6.07) is 4.72. The number of aryl methyl sites for hydroxylation is 2. The van der Waals surface area contributed by atoms with Crippen LogP contribution in [0, 0.1) is 13.8 Å². The molecule has 76 valence electrons. The van der Waals surface area contributed by atoms with Gasteiger partial charge in [0.15, 0.2) is 0 Å². The van der Waals surface area contributed by atoms with Gasteiger partial charge in [-0.15, -0.1) is 0 Å². The summed E-state index contributed by atoms with van der Waals surface area (Å²) in [5.41, 5.74) is 6.16. The Morgan fingerprint density at radius 2 is 1.64 bits per heavy atom. The molecular weight excluding hydrogens is 168 g/mol. The predicted molar refractivity (Wildman–Crippen MR) is 62.0 cm³/mol. The maximum atomic E-state index is 2.39. The van der Waals surface area contributed by atoms with Crippen molar-refractivity contribution in [3.8, 4) is 0 Å². The van der Waals surface area contributed by atoms with Gasteiger partial charge < -0.3 is 0 Å². The summed E-state index contributed by atoms with van der Waals surface area (Å²) in [5, 5.41) is 0. The third kappa shape index (κ3) is 1.47. The Morgan fingerprint density at radius 1 is 1.00 bits per heavy atom. The Balaban J connectivity index is 2.60. The van der Waals surface area contributed by atoms with Crippen molar-refractivity contribution in [1.82, 2.24) is 0 Å². The second-order valence-electron chi connectivity index (χ2n) is 4.96. The van der Waals surface area contributed by atoms with Crippen molar-refractivity contribution in [3.05, 3.63) is 34.4 Å². The van der Waals surface area contributed by atoms with Crippen molar-refractivity contribution in [3.63, 3.8) is 0 Å². The van der Waals surface area contributed by atoms with Gasteiger partial charge in [-0.3, -0.25) is 0 Å². The highest BCUT2D eigenvalue weighted by Gasteiger charge is 2.23. The third-order valence-corrected chi connectivity index (χ3v) is 3.62. The molecule has 0 aromatic heterocycles. The van der Waals surface area contributed by atoms with E-state index in [9.17, 15) is 0 Å². The van der Waals surface area contributed by atoms with Gasteiger partial charge in [0.25, 0.3) is 0 Å². The molecule has 1 aromatic carbocycles. The molecule has 0 bridgehead atoms. The van der Waals surface area contributed by atoms with E-state index in [-0.39, 0.29) is 0 Å². The Morgan fingerprint density at radius 3 is 2.36 bits per heavy atom. The Labute approximate surface area is 87.3 Å². The number of benzene rings is 1. The number of hydrogen-bond acceptors (Lipinski definition) is 0. The quantitative estimate of drug-likeness (QED) is 0.569. The summed E-state index contributed by atoms with van der Waals surface area (Å²) in [4.78, 5) is 0. The lowest BCUT2D eigenvalue weighted by Crippen LogP contribution is -2.12. The Kier molecular flexibility index (Phi) is 2.38. The van der Waals surface area contributed by atoms with Crippen LogP contribution in [0.3, 0.4) is 0 Å². The first-order valence-corrected chi connectivity index (χ1v) is 5.70. The third-order valence-electron chi connectivity index (χ3n) is 3.62. The van der Waals surface area contributed by atoms with Crippen LogP contribution in [-0.4, -0.2) is 0 Å². The van der Waals surface area contributed by atoms with Crippen LogP contribution in [0.4, 0.5) is 0 Å². The molecule has 0 heterocycles. The van der Waals surface area contributed by atoms with Gasteiger partial charge in [0.2, 0.25) is 0 Å². The average Bonchev–Trinajstić information content (AvgIpc) is 2.10. The normalized spacial score (nSPS) is 26.0. The molecular formula is C14H20. The molecule has 2 atom stereocenters.